The summed E-state index contributed by atoms with van der Waals surface area (Å²) in [4.78, 5) is 31.9. The van der Waals surface area contributed by atoms with Gasteiger partial charge in [0, 0.05) is 5.56 Å². The van der Waals surface area contributed by atoms with Crippen molar-refractivity contribution in [2.24, 2.45) is 4.99 Å². The Morgan fingerprint density at radius 3 is 2.65 bits per heavy atom. The SMILES string of the molecule is CCOC(=O)C1=C(C)N=c2s/c(=C\c3cc(Br)c(OCc4ccccc4C#N)c(OC)c3)c(=O)n2[C@@H]1c1ccc(F)cc1. The number of nitriles is 1. The van der Waals surface area contributed by atoms with E-state index in [1.807, 2.05) is 12.1 Å². The van der Waals surface area contributed by atoms with Crippen molar-refractivity contribution in [1.29, 1.82) is 5.26 Å². The summed E-state index contributed by atoms with van der Waals surface area (Å²) in [5, 5.41) is 9.39. The first-order valence-corrected chi connectivity index (χ1v) is 14.8. The number of hydrogen-bond donors (Lipinski definition) is 0. The van der Waals surface area contributed by atoms with Crippen LogP contribution in [0.15, 0.2) is 86.2 Å². The lowest BCUT2D eigenvalue weighted by Gasteiger charge is -2.24. The summed E-state index contributed by atoms with van der Waals surface area (Å²) >= 11 is 4.73. The second-order valence-electron chi connectivity index (χ2n) is 9.45. The smallest absolute Gasteiger partial charge is 0.338 e. The Balaban J connectivity index is 1.57. The van der Waals surface area contributed by atoms with Gasteiger partial charge in [0.1, 0.15) is 12.4 Å². The van der Waals surface area contributed by atoms with Gasteiger partial charge in [0.25, 0.3) is 5.56 Å². The van der Waals surface area contributed by atoms with Gasteiger partial charge in [-0.15, -0.1) is 0 Å². The Bertz CT molecular complexity index is 1980. The third-order valence-corrected chi connectivity index (χ3v) is 8.33. The van der Waals surface area contributed by atoms with Crippen molar-refractivity contribution >= 4 is 39.3 Å². The molecule has 11 heteroatoms. The maximum atomic E-state index is 13.9. The highest BCUT2D eigenvalue weighted by atomic mass is 79.9. The average Bonchev–Trinajstić information content (AvgIpc) is 3.30. The molecule has 1 atom stereocenters. The van der Waals surface area contributed by atoms with E-state index in [0.29, 0.717) is 47.7 Å². The summed E-state index contributed by atoms with van der Waals surface area (Å²) in [6.07, 6.45) is 1.71. The van der Waals surface area contributed by atoms with E-state index in [-0.39, 0.29) is 24.3 Å². The van der Waals surface area contributed by atoms with Gasteiger partial charge in [0.15, 0.2) is 16.3 Å². The molecular weight excluding hydrogens is 637 g/mol. The third-order valence-electron chi connectivity index (χ3n) is 6.76. The maximum Gasteiger partial charge on any atom is 0.338 e. The standard InChI is InChI=1S/C32H25BrFN3O5S/c1-4-41-31(39)27-18(2)36-32-37(28(27)20-9-11-23(34)12-10-20)30(38)26(43-32)15-19-13-24(33)29(25(14-19)40-3)42-17-22-8-6-5-7-21(22)16-35/h5-15,28H,4,17H2,1-3H3/b26-15-/t28-/m1/s1. The van der Waals surface area contributed by atoms with Crippen LogP contribution in [0.1, 0.15) is 42.1 Å². The molecule has 2 heterocycles. The number of allylic oxidation sites excluding steroid dienone is 1. The van der Waals surface area contributed by atoms with Crippen LogP contribution in [0.4, 0.5) is 4.39 Å². The number of aromatic nitrogens is 1. The third kappa shape index (κ3) is 6.02. The monoisotopic (exact) mass is 661 g/mol. The maximum absolute atomic E-state index is 13.9. The number of rotatable bonds is 8. The molecule has 3 aromatic carbocycles. The van der Waals surface area contributed by atoms with Gasteiger partial charge in [-0.25, -0.2) is 14.2 Å². The van der Waals surface area contributed by atoms with Gasteiger partial charge < -0.3 is 14.2 Å². The van der Waals surface area contributed by atoms with Crippen LogP contribution in [0.3, 0.4) is 0 Å². The first-order valence-electron chi connectivity index (χ1n) is 13.2. The van der Waals surface area contributed by atoms with Crippen LogP contribution in [-0.2, 0) is 16.1 Å². The van der Waals surface area contributed by atoms with Crippen molar-refractivity contribution in [1.82, 2.24) is 4.57 Å². The van der Waals surface area contributed by atoms with Crippen LogP contribution in [0, 0.1) is 17.1 Å². The lowest BCUT2D eigenvalue weighted by molar-refractivity contribution is -0.139. The summed E-state index contributed by atoms with van der Waals surface area (Å²) in [6, 6.07) is 17.7. The second-order valence-corrected chi connectivity index (χ2v) is 11.3. The minimum atomic E-state index is -0.841. The number of fused-ring (bicyclic) bond motifs is 1. The zero-order valence-corrected chi connectivity index (χ0v) is 25.8. The molecule has 1 aliphatic heterocycles. The molecule has 5 rings (SSSR count). The topological polar surface area (TPSA) is 103 Å². The molecule has 0 unspecified atom stereocenters. The minimum Gasteiger partial charge on any atom is -0.493 e. The molecule has 0 aliphatic carbocycles. The van der Waals surface area contributed by atoms with Crippen LogP contribution < -0.4 is 24.4 Å². The van der Waals surface area contributed by atoms with Crippen LogP contribution in [0.2, 0.25) is 0 Å². The van der Waals surface area contributed by atoms with E-state index in [1.54, 1.807) is 56.3 Å². The zero-order valence-electron chi connectivity index (χ0n) is 23.4. The van der Waals surface area contributed by atoms with E-state index in [0.717, 1.165) is 5.56 Å². The largest absolute Gasteiger partial charge is 0.493 e. The molecule has 0 saturated heterocycles. The Morgan fingerprint density at radius 2 is 1.95 bits per heavy atom. The zero-order chi connectivity index (χ0) is 30.7. The highest BCUT2D eigenvalue weighted by Crippen LogP contribution is 2.37. The summed E-state index contributed by atoms with van der Waals surface area (Å²) in [5.41, 5.74) is 2.73. The van der Waals surface area contributed by atoms with Gasteiger partial charge in [0.2, 0.25) is 0 Å². The van der Waals surface area contributed by atoms with Crippen LogP contribution >= 0.6 is 27.3 Å². The van der Waals surface area contributed by atoms with Crippen molar-refractivity contribution in [3.63, 3.8) is 0 Å². The highest BCUT2D eigenvalue weighted by molar-refractivity contribution is 9.10. The fraction of sp³-hybridized carbons (Fsp3) is 0.188. The fourth-order valence-electron chi connectivity index (χ4n) is 4.77. The number of halogens is 2. The van der Waals surface area contributed by atoms with E-state index in [4.69, 9.17) is 14.2 Å². The van der Waals surface area contributed by atoms with Gasteiger partial charge in [-0.1, -0.05) is 41.7 Å². The van der Waals surface area contributed by atoms with Crippen LogP contribution in [-0.4, -0.2) is 24.3 Å². The lowest BCUT2D eigenvalue weighted by atomic mass is 9.96. The van der Waals surface area contributed by atoms with E-state index >= 15 is 0 Å². The number of benzene rings is 3. The van der Waals surface area contributed by atoms with Gasteiger partial charge in [-0.3, -0.25) is 9.36 Å². The van der Waals surface area contributed by atoms with Crippen molar-refractivity contribution in [3.8, 4) is 17.6 Å². The normalized spacial score (nSPS) is 14.5. The number of thiazole rings is 1. The number of ether oxygens (including phenoxy) is 3. The summed E-state index contributed by atoms with van der Waals surface area (Å²) < 4.78 is 33.1. The molecule has 0 bridgehead atoms. The molecule has 0 fully saturated rings. The number of hydrogen-bond acceptors (Lipinski definition) is 8. The number of methoxy groups -OCH3 is 1. The van der Waals surface area contributed by atoms with Gasteiger partial charge in [0.05, 0.1) is 51.7 Å². The van der Waals surface area contributed by atoms with Crippen molar-refractivity contribution in [3.05, 3.63) is 124 Å². The number of esters is 1. The first kappa shape index (κ1) is 29.9. The molecule has 0 N–H and O–H groups in total. The van der Waals surface area contributed by atoms with Gasteiger partial charge in [-0.2, -0.15) is 5.26 Å². The predicted octanol–water partition coefficient (Wildman–Crippen LogP) is 5.16. The second kappa shape index (κ2) is 12.8. The van der Waals surface area contributed by atoms with Crippen molar-refractivity contribution in [2.75, 3.05) is 13.7 Å². The van der Waals surface area contributed by atoms with Crippen molar-refractivity contribution in [2.45, 2.75) is 26.5 Å². The quantitative estimate of drug-likeness (QED) is 0.242. The molecule has 1 aromatic heterocycles. The van der Waals surface area contributed by atoms with E-state index in [9.17, 15) is 19.2 Å². The number of carbonyl (C=O) groups is 1. The highest BCUT2D eigenvalue weighted by Gasteiger charge is 2.33. The van der Waals surface area contributed by atoms with E-state index < -0.39 is 17.8 Å². The van der Waals surface area contributed by atoms with Gasteiger partial charge >= 0.3 is 5.97 Å². The molecule has 43 heavy (non-hydrogen) atoms. The molecule has 0 amide bonds. The molecule has 0 radical (unpaired) electrons. The number of carbonyl (C=O) groups excluding carboxylic acids is 1. The van der Waals surface area contributed by atoms with Crippen LogP contribution in [0.25, 0.3) is 6.08 Å². The molecule has 0 spiro atoms. The average molecular weight is 663 g/mol. The lowest BCUT2D eigenvalue weighted by Crippen LogP contribution is -2.39. The summed E-state index contributed by atoms with van der Waals surface area (Å²) in [5.74, 6) is -0.155. The number of nitrogens with zero attached hydrogens (tertiary/aromatic N) is 3. The predicted molar refractivity (Wildman–Crippen MR) is 163 cm³/mol. The molecular formula is C32H25BrFN3O5S. The molecule has 4 aromatic rings. The first-order chi connectivity index (χ1) is 20.7. The summed E-state index contributed by atoms with van der Waals surface area (Å²) in [6.45, 7) is 3.69. The molecule has 218 valence electrons. The molecule has 1 aliphatic rings. The van der Waals surface area contributed by atoms with E-state index in [2.05, 4.69) is 27.0 Å². The summed E-state index contributed by atoms with van der Waals surface area (Å²) in [7, 11) is 1.51. The van der Waals surface area contributed by atoms with Crippen molar-refractivity contribution < 1.29 is 23.4 Å². The van der Waals surface area contributed by atoms with Gasteiger partial charge in [-0.05, 0) is 77.3 Å². The molecule has 0 saturated carbocycles. The Kier molecular flexibility index (Phi) is 8.89. The Hall–Kier alpha value is -4.53. The Morgan fingerprint density at radius 1 is 1.21 bits per heavy atom. The molecule has 8 nitrogen and oxygen atoms in total. The van der Waals surface area contributed by atoms with E-state index in [1.165, 1.54) is 35.1 Å². The van der Waals surface area contributed by atoms with Crippen LogP contribution in [0.5, 0.6) is 11.5 Å². The minimum absolute atomic E-state index is 0.150. The Labute approximate surface area is 258 Å². The fourth-order valence-corrected chi connectivity index (χ4v) is 6.39.